The first-order chi connectivity index (χ1) is 14.5. The van der Waals surface area contributed by atoms with E-state index in [2.05, 4.69) is 15.6 Å². The van der Waals surface area contributed by atoms with Crippen LogP contribution in [0.1, 0.15) is 16.1 Å². The van der Waals surface area contributed by atoms with Crippen LogP contribution in [-0.2, 0) is 4.79 Å². The summed E-state index contributed by atoms with van der Waals surface area (Å²) >= 11 is 6.32. The number of aromatic nitrogens is 2. The number of hydrogen-bond donors (Lipinski definition) is 2. The fourth-order valence-electron chi connectivity index (χ4n) is 2.86. The van der Waals surface area contributed by atoms with Crippen LogP contribution in [0.15, 0.2) is 58.2 Å². The fourth-order valence-corrected chi connectivity index (χ4v) is 4.04. The van der Waals surface area contributed by atoms with Gasteiger partial charge in [0.15, 0.2) is 10.0 Å². The van der Waals surface area contributed by atoms with Crippen molar-refractivity contribution in [3.05, 3.63) is 75.0 Å². The maximum atomic E-state index is 12.8. The van der Waals surface area contributed by atoms with Crippen molar-refractivity contribution in [2.75, 3.05) is 7.11 Å². The lowest BCUT2D eigenvalue weighted by atomic mass is 10.1. The average molecular weight is 438 g/mol. The third-order valence-electron chi connectivity index (χ3n) is 4.33. The van der Waals surface area contributed by atoms with Crippen molar-refractivity contribution in [3.8, 4) is 5.75 Å². The van der Waals surface area contributed by atoms with Crippen LogP contribution in [0.5, 0.6) is 5.75 Å². The molecule has 1 aliphatic rings. The molecule has 0 bridgehead atoms. The predicted octanol–water partition coefficient (Wildman–Crippen LogP) is 2.48. The summed E-state index contributed by atoms with van der Waals surface area (Å²) in [6, 6.07) is 13.7. The van der Waals surface area contributed by atoms with E-state index >= 15 is 0 Å². The predicted molar refractivity (Wildman–Crippen MR) is 118 cm³/mol. The lowest BCUT2D eigenvalue weighted by Crippen LogP contribution is -2.45. The molecule has 1 aromatic heterocycles. The van der Waals surface area contributed by atoms with Gasteiger partial charge >= 0.3 is 0 Å². The molecule has 150 valence electrons. The molecule has 30 heavy (non-hydrogen) atoms. The number of thioether (sulfide) groups is 1. The summed E-state index contributed by atoms with van der Waals surface area (Å²) < 4.78 is 5.30. The van der Waals surface area contributed by atoms with Gasteiger partial charge in [0, 0.05) is 5.39 Å². The fraction of sp³-hybridized carbons (Fsp3) is 0.0500. The Kier molecular flexibility index (Phi) is 5.34. The van der Waals surface area contributed by atoms with Gasteiger partial charge in [-0.05, 0) is 42.1 Å². The molecule has 4 rings (SSSR count). The maximum absolute atomic E-state index is 12.8. The zero-order valence-corrected chi connectivity index (χ0v) is 17.2. The lowest BCUT2D eigenvalue weighted by Gasteiger charge is -2.15. The third-order valence-corrected chi connectivity index (χ3v) is 5.63. The molecular formula is C20H14N4O4S2. The van der Waals surface area contributed by atoms with Crippen molar-refractivity contribution in [1.82, 2.24) is 20.6 Å². The summed E-state index contributed by atoms with van der Waals surface area (Å²) in [4.78, 5) is 37.8. The molecule has 2 heterocycles. The van der Waals surface area contributed by atoms with Gasteiger partial charge in [-0.3, -0.25) is 19.8 Å². The monoisotopic (exact) mass is 438 g/mol. The van der Waals surface area contributed by atoms with E-state index in [1.807, 2.05) is 0 Å². The third kappa shape index (κ3) is 3.70. The number of rotatable bonds is 4. The highest BCUT2D eigenvalue weighted by atomic mass is 32.2. The second-order valence-corrected chi connectivity index (χ2v) is 7.85. The number of ether oxygens (including phenoxy) is 1. The van der Waals surface area contributed by atoms with Crippen LogP contribution in [0.3, 0.4) is 0 Å². The van der Waals surface area contributed by atoms with E-state index in [1.165, 1.54) is 0 Å². The van der Waals surface area contributed by atoms with Gasteiger partial charge in [-0.25, -0.2) is 5.10 Å². The highest BCUT2D eigenvalue weighted by Gasteiger charge is 2.34. The van der Waals surface area contributed by atoms with Crippen molar-refractivity contribution in [2.24, 2.45) is 0 Å². The van der Waals surface area contributed by atoms with Gasteiger partial charge in [0.1, 0.15) is 5.75 Å². The Balaban J connectivity index is 1.58. The minimum Gasteiger partial charge on any atom is -0.497 e. The van der Waals surface area contributed by atoms with E-state index < -0.39 is 17.4 Å². The van der Waals surface area contributed by atoms with Crippen molar-refractivity contribution in [3.63, 3.8) is 0 Å². The van der Waals surface area contributed by atoms with E-state index in [-0.39, 0.29) is 10.0 Å². The van der Waals surface area contributed by atoms with Gasteiger partial charge in [-0.2, -0.15) is 10.1 Å². The molecule has 0 saturated carbocycles. The Morgan fingerprint density at radius 1 is 1.17 bits per heavy atom. The summed E-state index contributed by atoms with van der Waals surface area (Å²) in [6.45, 7) is 0. The van der Waals surface area contributed by atoms with Gasteiger partial charge in [-0.1, -0.05) is 42.1 Å². The molecule has 1 fully saturated rings. The van der Waals surface area contributed by atoms with E-state index in [1.54, 1.807) is 61.7 Å². The molecule has 1 aliphatic heterocycles. The summed E-state index contributed by atoms with van der Waals surface area (Å²) in [5.74, 6) is -0.417. The number of carbonyl (C=O) groups is 2. The van der Waals surface area contributed by atoms with E-state index in [4.69, 9.17) is 17.0 Å². The molecule has 0 atom stereocenters. The standard InChI is InChI=1S/C20H14N4O4S2/c1-28-12-8-6-11(7-9-12)10-15-19(27)24(20(29)30-15)23-18(26)16-13-4-2-3-5-14(13)17(25)22-21-16/h2-10H,1H3,(H,22,25)(H,23,26)/b15-10-. The number of benzene rings is 2. The largest absolute Gasteiger partial charge is 0.497 e. The zero-order valence-electron chi connectivity index (χ0n) is 15.5. The summed E-state index contributed by atoms with van der Waals surface area (Å²) in [5.41, 5.74) is 2.84. The van der Waals surface area contributed by atoms with Crippen LogP contribution in [0.2, 0.25) is 0 Å². The SMILES string of the molecule is COc1ccc(/C=C2\SC(=S)N(NC(=O)c3n[nH]c(=O)c4ccccc34)C2=O)cc1. The second-order valence-electron chi connectivity index (χ2n) is 6.18. The Morgan fingerprint density at radius 3 is 2.57 bits per heavy atom. The van der Waals surface area contributed by atoms with Gasteiger partial charge in [0.2, 0.25) is 0 Å². The molecular weight excluding hydrogens is 424 g/mol. The van der Waals surface area contributed by atoms with Crippen molar-refractivity contribution in [2.45, 2.75) is 0 Å². The molecule has 0 radical (unpaired) electrons. The minimum atomic E-state index is -0.663. The lowest BCUT2D eigenvalue weighted by molar-refractivity contribution is -0.123. The number of amides is 2. The quantitative estimate of drug-likeness (QED) is 0.476. The van der Waals surface area contributed by atoms with Crippen LogP contribution in [0, 0.1) is 0 Å². The van der Waals surface area contributed by atoms with Gasteiger partial charge < -0.3 is 4.74 Å². The van der Waals surface area contributed by atoms with Gasteiger partial charge in [-0.15, -0.1) is 0 Å². The number of nitrogens with zero attached hydrogens (tertiary/aromatic N) is 2. The van der Waals surface area contributed by atoms with Crippen LogP contribution in [0.25, 0.3) is 16.8 Å². The number of H-pyrrole nitrogens is 1. The molecule has 0 aliphatic carbocycles. The molecule has 3 aromatic rings. The summed E-state index contributed by atoms with van der Waals surface area (Å²) in [6.07, 6.45) is 1.68. The Labute approximate surface area is 179 Å². The first kappa shape index (κ1) is 19.8. The zero-order chi connectivity index (χ0) is 21.3. The molecule has 2 aromatic carbocycles. The van der Waals surface area contributed by atoms with E-state index in [9.17, 15) is 14.4 Å². The number of nitrogens with one attached hydrogen (secondary N) is 2. The Hall–Kier alpha value is -3.50. The first-order valence-corrected chi connectivity index (χ1v) is 9.91. The summed E-state index contributed by atoms with van der Waals surface area (Å²) in [5, 5.41) is 7.82. The molecule has 2 N–H and O–H groups in total. The average Bonchev–Trinajstić information content (AvgIpc) is 3.02. The van der Waals surface area contributed by atoms with Crippen molar-refractivity contribution < 1.29 is 14.3 Å². The maximum Gasteiger partial charge on any atom is 0.291 e. The van der Waals surface area contributed by atoms with Crippen LogP contribution >= 0.6 is 24.0 Å². The summed E-state index contributed by atoms with van der Waals surface area (Å²) in [7, 11) is 1.57. The number of fused-ring (bicyclic) bond motifs is 1. The van der Waals surface area contributed by atoms with Gasteiger partial charge in [0.25, 0.3) is 17.4 Å². The van der Waals surface area contributed by atoms with Crippen LogP contribution in [0.4, 0.5) is 0 Å². The highest BCUT2D eigenvalue weighted by Crippen LogP contribution is 2.31. The number of thiocarbonyl (C=S) groups is 1. The number of carbonyl (C=O) groups excluding carboxylic acids is 2. The first-order valence-electron chi connectivity index (χ1n) is 8.68. The molecule has 1 saturated heterocycles. The number of hydrazine groups is 1. The highest BCUT2D eigenvalue weighted by molar-refractivity contribution is 8.26. The normalized spacial score (nSPS) is 15.1. The Bertz CT molecular complexity index is 1270. The number of methoxy groups -OCH3 is 1. The molecule has 2 amide bonds. The molecule has 8 nitrogen and oxygen atoms in total. The Morgan fingerprint density at radius 2 is 1.87 bits per heavy atom. The van der Waals surface area contributed by atoms with Crippen molar-refractivity contribution >= 4 is 57.0 Å². The van der Waals surface area contributed by atoms with Crippen molar-refractivity contribution in [1.29, 1.82) is 0 Å². The van der Waals surface area contributed by atoms with Gasteiger partial charge in [0.05, 0.1) is 17.4 Å². The topological polar surface area (TPSA) is 104 Å². The van der Waals surface area contributed by atoms with E-state index in [0.29, 0.717) is 21.4 Å². The molecule has 0 spiro atoms. The van der Waals surface area contributed by atoms with E-state index in [0.717, 1.165) is 22.3 Å². The van der Waals surface area contributed by atoms with Crippen LogP contribution < -0.4 is 15.7 Å². The minimum absolute atomic E-state index is 0.0154. The molecule has 0 unspecified atom stereocenters. The number of aromatic amines is 1. The molecule has 10 heteroatoms. The second kappa shape index (κ2) is 8.09. The number of hydrogen-bond acceptors (Lipinski definition) is 7. The van der Waals surface area contributed by atoms with Crippen LogP contribution in [-0.4, -0.2) is 38.5 Å². The smallest absolute Gasteiger partial charge is 0.291 e.